The van der Waals surface area contributed by atoms with Gasteiger partial charge in [-0.2, -0.15) is 0 Å². The van der Waals surface area contributed by atoms with Crippen molar-refractivity contribution in [1.29, 1.82) is 0 Å². The normalized spacial score (nSPS) is 17.3. The van der Waals surface area contributed by atoms with Crippen LogP contribution in [-0.4, -0.2) is 9.13 Å². The van der Waals surface area contributed by atoms with Crippen LogP contribution in [0.15, 0.2) is 206 Å². The highest BCUT2D eigenvalue weighted by Crippen LogP contribution is 2.45. The predicted octanol–water partition coefficient (Wildman–Crippen LogP) is 15.2. The Morgan fingerprint density at radius 2 is 1.18 bits per heavy atom. The van der Waals surface area contributed by atoms with Crippen molar-refractivity contribution in [3.05, 3.63) is 206 Å². The molecular formula is C54H34N2S. The minimum atomic E-state index is -0.760. The zero-order valence-corrected chi connectivity index (χ0v) is 30.0. The van der Waals surface area contributed by atoms with E-state index < -0.39 is 126 Å². The van der Waals surface area contributed by atoms with Crippen LogP contribution >= 0.6 is 11.3 Å². The standard InChI is InChI=1S/C54H34N2S/c1-3-15-35(16-4-1)37-19-11-20-39(33-37)55-47-27-9-7-21-42(47)44-25-12-24-41(53(44)55)38-31-32-49-46(34-38)43-22-8-10-28-48(43)56(49)50-29-13-26-45-52-40(36-17-5-2-6-18-36)23-14-30-51(52)57-54(45)50/h1-34H/i2D,5D,6D,7D,8D,10D,12D,13D,14D,17D,18D,21D,22D,23D,24D,25D,27D,28D,29D,30D,32D,34D. The molecule has 0 spiro atoms. The van der Waals surface area contributed by atoms with Crippen molar-refractivity contribution in [2.45, 2.75) is 0 Å². The van der Waals surface area contributed by atoms with Gasteiger partial charge in [0, 0.05) is 48.3 Å². The highest BCUT2D eigenvalue weighted by atomic mass is 32.1. The van der Waals surface area contributed by atoms with E-state index in [1.807, 2.05) is 36.4 Å². The van der Waals surface area contributed by atoms with Crippen LogP contribution in [0.4, 0.5) is 0 Å². The first-order valence-corrected chi connectivity index (χ1v) is 18.5. The molecule has 266 valence electrons. The van der Waals surface area contributed by atoms with Crippen molar-refractivity contribution in [1.82, 2.24) is 9.13 Å². The number of hydrogen-bond donors (Lipinski definition) is 0. The Morgan fingerprint density at radius 1 is 0.421 bits per heavy atom. The Balaban J connectivity index is 1.27. The molecule has 0 fully saturated rings. The smallest absolute Gasteiger partial charge is 0.0645 e. The summed E-state index contributed by atoms with van der Waals surface area (Å²) in [7, 11) is 0. The van der Waals surface area contributed by atoms with E-state index in [0.717, 1.165) is 21.5 Å². The molecule has 0 radical (unpaired) electrons. The van der Waals surface area contributed by atoms with Gasteiger partial charge in [0.15, 0.2) is 0 Å². The third kappa shape index (κ3) is 4.89. The van der Waals surface area contributed by atoms with Crippen LogP contribution < -0.4 is 0 Å². The maximum absolute atomic E-state index is 10.2. The van der Waals surface area contributed by atoms with Crippen LogP contribution in [0.3, 0.4) is 0 Å². The number of hydrogen-bond acceptors (Lipinski definition) is 1. The molecular weight excluding hydrogens is 709 g/mol. The average molecular weight is 765 g/mol. The van der Waals surface area contributed by atoms with Crippen LogP contribution in [-0.2, 0) is 0 Å². The Hall–Kier alpha value is -7.20. The maximum atomic E-state index is 10.2. The second-order valence-electron chi connectivity index (χ2n) is 13.2. The van der Waals surface area contributed by atoms with Gasteiger partial charge < -0.3 is 9.13 Å². The van der Waals surface area contributed by atoms with E-state index >= 15 is 0 Å². The van der Waals surface area contributed by atoms with Gasteiger partial charge in [-0.15, -0.1) is 11.3 Å². The number of rotatable bonds is 5. The van der Waals surface area contributed by atoms with E-state index in [2.05, 4.69) is 0 Å². The maximum Gasteiger partial charge on any atom is 0.0645 e. The van der Waals surface area contributed by atoms with Crippen molar-refractivity contribution < 1.29 is 30.2 Å². The monoisotopic (exact) mass is 764 g/mol. The summed E-state index contributed by atoms with van der Waals surface area (Å²) in [6.07, 6.45) is 0. The Morgan fingerprint density at radius 3 is 2.11 bits per heavy atom. The van der Waals surface area contributed by atoms with Gasteiger partial charge >= 0.3 is 0 Å². The molecule has 0 aliphatic heterocycles. The third-order valence-electron chi connectivity index (χ3n) is 10.1. The molecule has 3 heteroatoms. The fraction of sp³-hybridized carbons (Fsp3) is 0. The second-order valence-corrected chi connectivity index (χ2v) is 14.2. The Bertz CT molecular complexity index is 4780. The lowest BCUT2D eigenvalue weighted by atomic mass is 9.99. The number of aromatic nitrogens is 2. The lowest BCUT2D eigenvalue weighted by molar-refractivity contribution is 1.18. The summed E-state index contributed by atoms with van der Waals surface area (Å²) >= 11 is 0.768. The molecule has 0 atom stereocenters. The molecule has 12 rings (SSSR count). The summed E-state index contributed by atoms with van der Waals surface area (Å²) in [5.41, 5.74) is -0.386. The second kappa shape index (κ2) is 12.7. The van der Waals surface area contributed by atoms with Gasteiger partial charge in [0.1, 0.15) is 0 Å². The molecule has 0 saturated carbocycles. The molecule has 0 aliphatic carbocycles. The Labute approximate surface area is 364 Å². The largest absolute Gasteiger partial charge is 0.309 e. The first-order valence-electron chi connectivity index (χ1n) is 28.7. The zero-order valence-electron chi connectivity index (χ0n) is 51.2. The highest BCUT2D eigenvalue weighted by molar-refractivity contribution is 7.26. The fourth-order valence-corrected chi connectivity index (χ4v) is 8.84. The lowest BCUT2D eigenvalue weighted by Gasteiger charge is -2.14. The minimum absolute atomic E-state index is 0.00206. The van der Waals surface area contributed by atoms with Crippen LogP contribution in [0.2, 0.25) is 0 Å². The van der Waals surface area contributed by atoms with E-state index in [1.54, 1.807) is 18.2 Å². The van der Waals surface area contributed by atoms with E-state index in [1.165, 1.54) is 22.8 Å². The van der Waals surface area contributed by atoms with Crippen LogP contribution in [0.5, 0.6) is 0 Å². The first kappa shape index (κ1) is 17.3. The topological polar surface area (TPSA) is 9.86 Å². The molecule has 0 aliphatic rings. The van der Waals surface area contributed by atoms with Crippen LogP contribution in [0.25, 0.3) is 109 Å². The summed E-state index contributed by atoms with van der Waals surface area (Å²) in [6, 6.07) is 6.47. The summed E-state index contributed by atoms with van der Waals surface area (Å²) < 4.78 is 204. The van der Waals surface area contributed by atoms with Crippen molar-refractivity contribution in [3.63, 3.8) is 0 Å². The van der Waals surface area contributed by atoms with Gasteiger partial charge in [-0.1, -0.05) is 157 Å². The molecule has 3 heterocycles. The van der Waals surface area contributed by atoms with Gasteiger partial charge in [-0.3, -0.25) is 0 Å². The number of benzene rings is 9. The van der Waals surface area contributed by atoms with Gasteiger partial charge in [0.25, 0.3) is 0 Å². The van der Waals surface area contributed by atoms with Crippen molar-refractivity contribution in [2.24, 2.45) is 0 Å². The minimum Gasteiger partial charge on any atom is -0.309 e. The van der Waals surface area contributed by atoms with Gasteiger partial charge in [0.05, 0.1) is 62.6 Å². The van der Waals surface area contributed by atoms with E-state index in [9.17, 15) is 15.1 Å². The summed E-state index contributed by atoms with van der Waals surface area (Å²) in [5.74, 6) is 0. The highest BCUT2D eigenvalue weighted by Gasteiger charge is 2.21. The predicted molar refractivity (Wildman–Crippen MR) is 244 cm³/mol. The number of thiophene rings is 1. The first-order chi connectivity index (χ1) is 37.4. The van der Waals surface area contributed by atoms with Gasteiger partial charge in [-0.25, -0.2) is 0 Å². The summed E-state index contributed by atoms with van der Waals surface area (Å²) in [5, 5.41) is -0.909. The number of fused-ring (bicyclic) bond motifs is 9. The fourth-order valence-electron chi connectivity index (χ4n) is 7.71. The van der Waals surface area contributed by atoms with Crippen LogP contribution in [0.1, 0.15) is 30.2 Å². The van der Waals surface area contributed by atoms with Crippen molar-refractivity contribution in [2.75, 3.05) is 0 Å². The van der Waals surface area contributed by atoms with Gasteiger partial charge in [-0.05, 0) is 76.2 Å². The average Bonchev–Trinajstić information content (AvgIpc) is 2.88. The molecule has 3 aromatic heterocycles. The van der Waals surface area contributed by atoms with Crippen LogP contribution in [0, 0.1) is 0 Å². The molecule has 0 bridgehead atoms. The van der Waals surface area contributed by atoms with Crippen molar-refractivity contribution >= 4 is 75.1 Å². The molecule has 57 heavy (non-hydrogen) atoms. The number of nitrogens with zero attached hydrogens (tertiary/aromatic N) is 2. The molecule has 0 unspecified atom stereocenters. The van der Waals surface area contributed by atoms with E-state index in [0.29, 0.717) is 11.3 Å². The molecule has 0 N–H and O–H groups in total. The zero-order chi connectivity index (χ0) is 56.6. The quantitative estimate of drug-likeness (QED) is 0.165. The molecule has 2 nitrogen and oxygen atoms in total. The summed E-state index contributed by atoms with van der Waals surface area (Å²) in [6.45, 7) is 0. The Kier molecular flexibility index (Phi) is 3.85. The molecule has 0 amide bonds. The van der Waals surface area contributed by atoms with Crippen molar-refractivity contribution in [3.8, 4) is 44.8 Å². The van der Waals surface area contributed by atoms with Gasteiger partial charge in [0.2, 0.25) is 0 Å². The number of para-hydroxylation sites is 3. The molecule has 9 aromatic carbocycles. The lowest BCUT2D eigenvalue weighted by Crippen LogP contribution is -1.96. The summed E-state index contributed by atoms with van der Waals surface area (Å²) in [4.78, 5) is 0. The molecule has 12 aromatic rings. The van der Waals surface area contributed by atoms with E-state index in [-0.39, 0.29) is 98.2 Å². The SMILES string of the molecule is [2H]c1cc2c(sc3c([2H])c([2H])c([2H])c(-c4c([2H])c([2H])c([2H])c([2H])c4[2H])c32)c(-n2c3c([2H])cc(-c4c([2H])c([2H])c([2H])c5c6c([2H])c([2H])cc([2H])c6n(-c6cccc(-c7ccccc7)c6)c45)c([2H])c3c3c([2H])c([2H])c([2H])c([2H])c32)c1[2H]. The molecule has 0 saturated heterocycles. The third-order valence-corrected chi connectivity index (χ3v) is 11.2. The van der Waals surface area contributed by atoms with E-state index in [4.69, 9.17) is 15.1 Å².